The molecule has 1 aromatic heterocycles. The normalized spacial score (nSPS) is 20.8. The lowest BCUT2D eigenvalue weighted by Gasteiger charge is -2.38. The number of hydrogen-bond donors (Lipinski definition) is 1. The van der Waals surface area contributed by atoms with Gasteiger partial charge in [0.2, 0.25) is 15.9 Å². The number of hydrogen-bond acceptors (Lipinski definition) is 5. The molecule has 1 amide bonds. The van der Waals surface area contributed by atoms with Crippen LogP contribution in [0.25, 0.3) is 11.0 Å². The number of aromatic nitrogens is 2. The van der Waals surface area contributed by atoms with Crippen LogP contribution < -0.4 is 5.32 Å². The van der Waals surface area contributed by atoms with Gasteiger partial charge in [0.15, 0.2) is 0 Å². The van der Waals surface area contributed by atoms with Crippen molar-refractivity contribution in [1.29, 1.82) is 0 Å². The first-order valence-electron chi connectivity index (χ1n) is 13.0. The summed E-state index contributed by atoms with van der Waals surface area (Å²) < 4.78 is 35.9. The summed E-state index contributed by atoms with van der Waals surface area (Å²) in [4.78, 5) is 17.1. The van der Waals surface area contributed by atoms with Crippen molar-refractivity contribution >= 4 is 27.0 Å². The van der Waals surface area contributed by atoms with E-state index in [9.17, 15) is 13.2 Å². The van der Waals surface area contributed by atoms with E-state index >= 15 is 0 Å². The number of imidazole rings is 1. The van der Waals surface area contributed by atoms with E-state index in [4.69, 9.17) is 9.72 Å². The molecule has 8 nitrogen and oxygen atoms in total. The van der Waals surface area contributed by atoms with E-state index in [-0.39, 0.29) is 22.1 Å². The van der Waals surface area contributed by atoms with Crippen LogP contribution >= 0.6 is 0 Å². The molecule has 3 aliphatic rings. The topological polar surface area (TPSA) is 93.5 Å². The molecule has 9 heteroatoms. The van der Waals surface area contributed by atoms with Crippen molar-refractivity contribution in [1.82, 2.24) is 19.2 Å². The van der Waals surface area contributed by atoms with E-state index in [1.54, 1.807) is 12.1 Å². The van der Waals surface area contributed by atoms with Crippen LogP contribution in [-0.2, 0) is 31.5 Å². The number of rotatable bonds is 8. The number of fused-ring (bicyclic) bond motifs is 1. The average Bonchev–Trinajstić information content (AvgIpc) is 3.51. The summed E-state index contributed by atoms with van der Waals surface area (Å²) in [7, 11) is -3.59. The molecule has 192 valence electrons. The predicted octanol–water partition coefficient (Wildman–Crippen LogP) is 3.30. The SMILES string of the molecule is CC(C)(C)c1nc2cc(S(=O)(=O)N3CC(CNC(=O)CC4CC4)C3)ccc2n1CC1CCOCC1. The molecule has 1 aliphatic carbocycles. The molecule has 0 unspecified atom stereocenters. The minimum atomic E-state index is -3.59. The van der Waals surface area contributed by atoms with Crippen LogP contribution in [-0.4, -0.2) is 61.0 Å². The monoisotopic (exact) mass is 502 g/mol. The maximum atomic E-state index is 13.3. The van der Waals surface area contributed by atoms with Gasteiger partial charge in [0.1, 0.15) is 5.82 Å². The van der Waals surface area contributed by atoms with Crippen molar-refractivity contribution in [3.63, 3.8) is 0 Å². The summed E-state index contributed by atoms with van der Waals surface area (Å²) in [6.45, 7) is 10.3. The highest BCUT2D eigenvalue weighted by Crippen LogP contribution is 2.33. The highest BCUT2D eigenvalue weighted by molar-refractivity contribution is 7.89. The molecule has 0 spiro atoms. The second kappa shape index (κ2) is 9.48. The molecule has 2 aliphatic heterocycles. The molecule has 5 rings (SSSR count). The van der Waals surface area contributed by atoms with Crippen molar-refractivity contribution in [2.45, 2.75) is 69.7 Å². The quantitative estimate of drug-likeness (QED) is 0.598. The van der Waals surface area contributed by atoms with Gasteiger partial charge in [0.05, 0.1) is 15.9 Å². The van der Waals surface area contributed by atoms with Crippen LogP contribution in [0, 0.1) is 17.8 Å². The molecule has 3 heterocycles. The Bertz CT molecular complexity index is 1180. The smallest absolute Gasteiger partial charge is 0.243 e. The lowest BCUT2D eigenvalue weighted by molar-refractivity contribution is -0.121. The maximum absolute atomic E-state index is 13.3. The number of nitrogens with one attached hydrogen (secondary N) is 1. The zero-order valence-electron chi connectivity index (χ0n) is 21.1. The third kappa shape index (κ3) is 5.42. The molecular formula is C26H38N4O4S. The van der Waals surface area contributed by atoms with Gasteiger partial charge < -0.3 is 14.6 Å². The van der Waals surface area contributed by atoms with Crippen LogP contribution in [0.4, 0.5) is 0 Å². The molecule has 1 N–H and O–H groups in total. The summed E-state index contributed by atoms with van der Waals surface area (Å²) >= 11 is 0. The van der Waals surface area contributed by atoms with Gasteiger partial charge in [0, 0.05) is 57.1 Å². The van der Waals surface area contributed by atoms with Gasteiger partial charge in [-0.15, -0.1) is 0 Å². The minimum Gasteiger partial charge on any atom is -0.381 e. The Morgan fingerprint density at radius 2 is 1.80 bits per heavy atom. The fraction of sp³-hybridized carbons (Fsp3) is 0.692. The van der Waals surface area contributed by atoms with E-state index in [1.807, 2.05) is 6.07 Å². The van der Waals surface area contributed by atoms with E-state index < -0.39 is 10.0 Å². The summed E-state index contributed by atoms with van der Waals surface area (Å²) in [5.74, 6) is 2.34. The second-order valence-corrected chi connectivity index (χ2v) is 13.6. The number of benzene rings is 1. The van der Waals surface area contributed by atoms with E-state index in [1.165, 1.54) is 4.31 Å². The number of carbonyl (C=O) groups is 1. The van der Waals surface area contributed by atoms with Crippen molar-refractivity contribution in [2.75, 3.05) is 32.8 Å². The third-order valence-electron chi connectivity index (χ3n) is 7.49. The van der Waals surface area contributed by atoms with Crippen molar-refractivity contribution in [3.8, 4) is 0 Å². The molecule has 35 heavy (non-hydrogen) atoms. The first-order chi connectivity index (χ1) is 16.6. The largest absolute Gasteiger partial charge is 0.381 e. The van der Waals surface area contributed by atoms with Gasteiger partial charge in [-0.3, -0.25) is 4.79 Å². The lowest BCUT2D eigenvalue weighted by atomic mass is 9.94. The Hall–Kier alpha value is -1.97. The van der Waals surface area contributed by atoms with E-state index in [0.717, 1.165) is 62.3 Å². The molecule has 1 saturated carbocycles. The first kappa shape index (κ1) is 24.7. The second-order valence-electron chi connectivity index (χ2n) is 11.6. The molecule has 0 bridgehead atoms. The van der Waals surface area contributed by atoms with Crippen LogP contribution in [0.15, 0.2) is 23.1 Å². The van der Waals surface area contributed by atoms with E-state index in [0.29, 0.717) is 37.9 Å². The molecule has 0 atom stereocenters. The number of amides is 1. The Balaban J connectivity index is 1.30. The lowest BCUT2D eigenvalue weighted by Crippen LogP contribution is -2.53. The van der Waals surface area contributed by atoms with Crippen LogP contribution in [0.1, 0.15) is 58.7 Å². The van der Waals surface area contributed by atoms with Gasteiger partial charge in [-0.25, -0.2) is 13.4 Å². The van der Waals surface area contributed by atoms with Crippen LogP contribution in [0.5, 0.6) is 0 Å². The fourth-order valence-electron chi connectivity index (χ4n) is 5.13. The van der Waals surface area contributed by atoms with Gasteiger partial charge in [-0.1, -0.05) is 20.8 Å². The number of sulfonamides is 1. The van der Waals surface area contributed by atoms with Crippen molar-refractivity contribution in [2.24, 2.45) is 17.8 Å². The van der Waals surface area contributed by atoms with Crippen LogP contribution in [0.2, 0.25) is 0 Å². The Morgan fingerprint density at radius 1 is 1.09 bits per heavy atom. The highest BCUT2D eigenvalue weighted by atomic mass is 32.2. The maximum Gasteiger partial charge on any atom is 0.243 e. The predicted molar refractivity (Wildman–Crippen MR) is 135 cm³/mol. The summed E-state index contributed by atoms with van der Waals surface area (Å²) in [6.07, 6.45) is 4.97. The fourth-order valence-corrected chi connectivity index (χ4v) is 6.74. The molecule has 3 fully saturated rings. The number of carbonyl (C=O) groups excluding carboxylic acids is 1. The van der Waals surface area contributed by atoms with Gasteiger partial charge >= 0.3 is 0 Å². The van der Waals surface area contributed by atoms with Crippen molar-refractivity contribution < 1.29 is 17.9 Å². The zero-order chi connectivity index (χ0) is 24.8. The molecule has 2 saturated heterocycles. The Morgan fingerprint density at radius 3 is 2.46 bits per heavy atom. The van der Waals surface area contributed by atoms with Gasteiger partial charge in [-0.2, -0.15) is 4.31 Å². The average molecular weight is 503 g/mol. The molecule has 1 aromatic carbocycles. The summed E-state index contributed by atoms with van der Waals surface area (Å²) in [6, 6.07) is 5.36. The zero-order valence-corrected chi connectivity index (χ0v) is 21.9. The number of ether oxygens (including phenoxy) is 1. The number of nitrogens with zero attached hydrogens (tertiary/aromatic N) is 3. The highest BCUT2D eigenvalue weighted by Gasteiger charge is 2.37. The van der Waals surface area contributed by atoms with E-state index in [2.05, 4.69) is 30.7 Å². The Kier molecular flexibility index (Phi) is 6.70. The molecule has 0 radical (unpaired) electrons. The van der Waals surface area contributed by atoms with Crippen molar-refractivity contribution in [3.05, 3.63) is 24.0 Å². The summed E-state index contributed by atoms with van der Waals surface area (Å²) in [5.41, 5.74) is 1.56. The standard InChI is InChI=1S/C26H38N4O4S/c1-26(2,3)25-28-22-13-21(6-7-23(22)30(25)17-19-8-10-34-11-9-19)35(32,33)29-15-20(16-29)14-27-24(31)12-18-4-5-18/h6-7,13,18-20H,4-5,8-12,14-17H2,1-3H3,(H,27,31). The molecular weight excluding hydrogens is 464 g/mol. The summed E-state index contributed by atoms with van der Waals surface area (Å²) in [5, 5.41) is 2.97. The van der Waals surface area contributed by atoms with Crippen LogP contribution in [0.3, 0.4) is 0 Å². The first-order valence-corrected chi connectivity index (χ1v) is 14.4. The Labute approximate surface area is 208 Å². The molecule has 2 aromatic rings. The minimum absolute atomic E-state index is 0.0882. The third-order valence-corrected chi connectivity index (χ3v) is 9.32. The van der Waals surface area contributed by atoms with Gasteiger partial charge in [-0.05, 0) is 55.7 Å². The van der Waals surface area contributed by atoms with Gasteiger partial charge in [0.25, 0.3) is 0 Å².